The van der Waals surface area contributed by atoms with Crippen LogP contribution >= 0.6 is 0 Å². The Morgan fingerprint density at radius 1 is 1.22 bits per heavy atom. The van der Waals surface area contributed by atoms with E-state index in [1.807, 2.05) is 0 Å². The summed E-state index contributed by atoms with van der Waals surface area (Å²) in [6, 6.07) is -0.833. The number of carboxylic acids is 1. The highest BCUT2D eigenvalue weighted by Gasteiger charge is 2.24. The number of carbonyl (C=O) groups excluding carboxylic acids is 1. The molecule has 1 fully saturated rings. The van der Waals surface area contributed by atoms with Gasteiger partial charge < -0.3 is 10.4 Å². The molecule has 0 aromatic heterocycles. The van der Waals surface area contributed by atoms with Crippen LogP contribution in [0.5, 0.6) is 0 Å². The van der Waals surface area contributed by atoms with E-state index in [1.165, 1.54) is 25.3 Å². The highest BCUT2D eigenvalue weighted by Crippen LogP contribution is 2.22. The van der Waals surface area contributed by atoms with Crippen LogP contribution < -0.4 is 5.32 Å². The van der Waals surface area contributed by atoms with Gasteiger partial charge in [-0.3, -0.25) is 4.79 Å². The maximum atomic E-state index is 12.0. The van der Waals surface area contributed by atoms with Crippen molar-refractivity contribution in [3.8, 4) is 0 Å². The molecule has 18 heavy (non-hydrogen) atoms. The second-order valence-electron chi connectivity index (χ2n) is 4.97. The summed E-state index contributed by atoms with van der Waals surface area (Å²) in [7, 11) is 0. The quantitative estimate of drug-likeness (QED) is 0.740. The van der Waals surface area contributed by atoms with Crippen molar-refractivity contribution in [2.75, 3.05) is 0 Å². The van der Waals surface area contributed by atoms with Gasteiger partial charge in [0.05, 0.1) is 0 Å². The molecule has 2 N–H and O–H groups in total. The Hall–Kier alpha value is -1.32. The lowest BCUT2D eigenvalue weighted by atomic mass is 9.90. The number of amides is 1. The van der Waals surface area contributed by atoms with Gasteiger partial charge in [-0.25, -0.2) is 4.79 Å². The van der Waals surface area contributed by atoms with E-state index in [2.05, 4.69) is 11.9 Å². The summed E-state index contributed by atoms with van der Waals surface area (Å²) in [5.74, 6) is -1.11. The number of hydrogen-bond donors (Lipinski definition) is 2. The lowest BCUT2D eigenvalue weighted by Crippen LogP contribution is -2.43. The van der Waals surface area contributed by atoms with Crippen LogP contribution in [0.3, 0.4) is 0 Å². The molecule has 4 nitrogen and oxygen atoms in total. The van der Waals surface area contributed by atoms with Crippen molar-refractivity contribution in [2.45, 2.75) is 57.4 Å². The summed E-state index contributed by atoms with van der Waals surface area (Å²) in [5.41, 5.74) is 0. The summed E-state index contributed by atoms with van der Waals surface area (Å²) in [4.78, 5) is 23.0. The van der Waals surface area contributed by atoms with Crippen LogP contribution in [0.15, 0.2) is 12.7 Å². The smallest absolute Gasteiger partial charge is 0.326 e. The van der Waals surface area contributed by atoms with Crippen LogP contribution in [0.4, 0.5) is 0 Å². The molecule has 0 saturated heterocycles. The number of nitrogens with one attached hydrogen (secondary N) is 1. The predicted molar refractivity (Wildman–Crippen MR) is 70.2 cm³/mol. The Balaban J connectivity index is 2.50. The van der Waals surface area contributed by atoms with Gasteiger partial charge in [0.25, 0.3) is 0 Å². The van der Waals surface area contributed by atoms with E-state index in [-0.39, 0.29) is 18.2 Å². The Kier molecular flexibility index (Phi) is 6.47. The molecule has 0 aromatic rings. The molecule has 0 bridgehead atoms. The molecule has 102 valence electrons. The third-order valence-electron chi connectivity index (χ3n) is 3.49. The van der Waals surface area contributed by atoms with Crippen molar-refractivity contribution in [3.05, 3.63) is 12.7 Å². The maximum absolute atomic E-state index is 12.0. The molecule has 1 aliphatic rings. The largest absolute Gasteiger partial charge is 0.480 e. The van der Waals surface area contributed by atoms with Gasteiger partial charge in [-0.1, -0.05) is 38.2 Å². The van der Waals surface area contributed by atoms with Crippen LogP contribution in [0.1, 0.15) is 51.4 Å². The van der Waals surface area contributed by atoms with Gasteiger partial charge in [-0.2, -0.15) is 0 Å². The van der Waals surface area contributed by atoms with Gasteiger partial charge >= 0.3 is 5.97 Å². The number of carboxylic acid groups (broad SMARTS) is 1. The molecule has 0 spiro atoms. The first-order valence-electron chi connectivity index (χ1n) is 6.79. The average molecular weight is 253 g/mol. The number of carbonyl (C=O) groups is 2. The van der Waals surface area contributed by atoms with Crippen LogP contribution in [-0.2, 0) is 9.59 Å². The van der Waals surface area contributed by atoms with Gasteiger partial charge in [0, 0.05) is 5.92 Å². The van der Waals surface area contributed by atoms with Crippen molar-refractivity contribution in [2.24, 2.45) is 5.92 Å². The third kappa shape index (κ3) is 4.90. The molecule has 0 aliphatic heterocycles. The highest BCUT2D eigenvalue weighted by atomic mass is 16.4. The van der Waals surface area contributed by atoms with E-state index in [0.29, 0.717) is 0 Å². The number of rotatable bonds is 5. The minimum absolute atomic E-state index is 0.0167. The van der Waals surface area contributed by atoms with Gasteiger partial charge in [-0.05, 0) is 19.3 Å². The van der Waals surface area contributed by atoms with Gasteiger partial charge in [0.1, 0.15) is 6.04 Å². The molecule has 1 aliphatic carbocycles. The SMILES string of the molecule is C=CCC(NC(=O)C1CCCCCCC1)C(=O)O. The molecule has 1 amide bonds. The predicted octanol–water partition coefficient (Wildman–Crippen LogP) is 2.49. The summed E-state index contributed by atoms with van der Waals surface area (Å²) < 4.78 is 0. The molecule has 1 saturated carbocycles. The van der Waals surface area contributed by atoms with Gasteiger partial charge in [0.2, 0.25) is 5.91 Å². The first-order valence-corrected chi connectivity index (χ1v) is 6.79. The first-order chi connectivity index (χ1) is 8.65. The second kappa shape index (κ2) is 7.90. The fourth-order valence-electron chi connectivity index (χ4n) is 2.40. The van der Waals surface area contributed by atoms with E-state index < -0.39 is 12.0 Å². The maximum Gasteiger partial charge on any atom is 0.326 e. The Morgan fingerprint density at radius 3 is 2.28 bits per heavy atom. The van der Waals surface area contributed by atoms with Crippen molar-refractivity contribution in [1.29, 1.82) is 0 Å². The highest BCUT2D eigenvalue weighted by molar-refractivity contribution is 5.85. The summed E-state index contributed by atoms with van der Waals surface area (Å²) in [6.07, 6.45) is 9.30. The lowest BCUT2D eigenvalue weighted by molar-refractivity contribution is -0.142. The molecule has 1 rings (SSSR count). The lowest BCUT2D eigenvalue weighted by Gasteiger charge is -2.21. The standard InChI is InChI=1S/C14H23NO3/c1-2-8-12(14(17)18)15-13(16)11-9-6-4-3-5-7-10-11/h2,11-12H,1,3-10H2,(H,15,16)(H,17,18). The van der Waals surface area contributed by atoms with Crippen LogP contribution in [0.2, 0.25) is 0 Å². The molecule has 1 atom stereocenters. The zero-order valence-electron chi connectivity index (χ0n) is 10.9. The van der Waals surface area contributed by atoms with Gasteiger partial charge in [0.15, 0.2) is 0 Å². The minimum Gasteiger partial charge on any atom is -0.480 e. The summed E-state index contributed by atoms with van der Waals surface area (Å²) in [5, 5.41) is 11.6. The molecule has 1 unspecified atom stereocenters. The zero-order valence-corrected chi connectivity index (χ0v) is 10.9. The van der Waals surface area contributed by atoms with E-state index >= 15 is 0 Å². The Bertz CT molecular complexity index is 293. The third-order valence-corrected chi connectivity index (χ3v) is 3.49. The monoisotopic (exact) mass is 253 g/mol. The number of aliphatic carboxylic acids is 1. The average Bonchev–Trinajstić information content (AvgIpc) is 2.27. The fourth-order valence-corrected chi connectivity index (χ4v) is 2.40. The van der Waals surface area contributed by atoms with Gasteiger partial charge in [-0.15, -0.1) is 6.58 Å². The molecular formula is C14H23NO3. The van der Waals surface area contributed by atoms with Crippen molar-refractivity contribution in [3.63, 3.8) is 0 Å². The van der Waals surface area contributed by atoms with Crippen LogP contribution in [0, 0.1) is 5.92 Å². The molecule has 0 aromatic carbocycles. The first kappa shape index (κ1) is 14.7. The normalized spacial score (nSPS) is 19.3. The Morgan fingerprint density at radius 2 is 1.78 bits per heavy atom. The van der Waals surface area contributed by atoms with E-state index in [0.717, 1.165) is 25.7 Å². The van der Waals surface area contributed by atoms with Crippen LogP contribution in [0.25, 0.3) is 0 Å². The molecule has 4 heteroatoms. The van der Waals surface area contributed by atoms with E-state index in [4.69, 9.17) is 5.11 Å². The number of hydrogen-bond acceptors (Lipinski definition) is 2. The zero-order chi connectivity index (χ0) is 13.4. The van der Waals surface area contributed by atoms with Crippen molar-refractivity contribution < 1.29 is 14.7 Å². The molecule has 0 heterocycles. The van der Waals surface area contributed by atoms with Crippen LogP contribution in [-0.4, -0.2) is 23.0 Å². The second-order valence-corrected chi connectivity index (χ2v) is 4.97. The van der Waals surface area contributed by atoms with Crippen molar-refractivity contribution in [1.82, 2.24) is 5.32 Å². The molecular weight excluding hydrogens is 230 g/mol. The van der Waals surface area contributed by atoms with E-state index in [9.17, 15) is 9.59 Å². The van der Waals surface area contributed by atoms with Crippen molar-refractivity contribution >= 4 is 11.9 Å². The fraction of sp³-hybridized carbons (Fsp3) is 0.714. The summed E-state index contributed by atoms with van der Waals surface area (Å²) >= 11 is 0. The van der Waals surface area contributed by atoms with E-state index in [1.54, 1.807) is 0 Å². The topological polar surface area (TPSA) is 66.4 Å². The molecule has 0 radical (unpaired) electrons. The minimum atomic E-state index is -0.992. The summed E-state index contributed by atoms with van der Waals surface area (Å²) in [6.45, 7) is 3.52. The Labute approximate surface area is 108 Å².